The van der Waals surface area contributed by atoms with E-state index in [1.807, 2.05) is 12.1 Å². The van der Waals surface area contributed by atoms with Crippen LogP contribution in [0.25, 0.3) is 0 Å². The Morgan fingerprint density at radius 2 is 2.28 bits per heavy atom. The van der Waals surface area contributed by atoms with Crippen LogP contribution < -0.4 is 0 Å². The molecule has 0 aliphatic heterocycles. The Labute approximate surface area is 108 Å². The maximum atomic E-state index is 8.77. The van der Waals surface area contributed by atoms with Gasteiger partial charge >= 0.3 is 0 Å². The number of hydrogen-bond donors (Lipinski definition) is 0. The molecule has 3 heteroatoms. The first-order chi connectivity index (χ1) is 8.79. The molecule has 3 nitrogen and oxygen atoms in total. The summed E-state index contributed by atoms with van der Waals surface area (Å²) in [6.07, 6.45) is 8.42. The van der Waals surface area contributed by atoms with E-state index in [0.29, 0.717) is 24.1 Å². The summed E-state index contributed by atoms with van der Waals surface area (Å²) < 4.78 is 5.76. The van der Waals surface area contributed by atoms with Gasteiger partial charge in [-0.3, -0.25) is 0 Å². The molecule has 2 rings (SSSR count). The van der Waals surface area contributed by atoms with Gasteiger partial charge in [0, 0.05) is 6.20 Å². The second-order valence-electron chi connectivity index (χ2n) is 4.86. The molecule has 0 bridgehead atoms. The monoisotopic (exact) mass is 242 g/mol. The predicted molar refractivity (Wildman–Crippen MR) is 69.6 cm³/mol. The summed E-state index contributed by atoms with van der Waals surface area (Å²) in [5.74, 6) is 1.31. The Kier molecular flexibility index (Phi) is 4.49. The number of nitrogens with zero attached hydrogens (tertiary/aromatic N) is 2. The van der Waals surface area contributed by atoms with Crippen molar-refractivity contribution in [2.24, 2.45) is 11.8 Å². The molecule has 1 aliphatic rings. The van der Waals surface area contributed by atoms with Crippen LogP contribution in [-0.2, 0) is 11.3 Å². The van der Waals surface area contributed by atoms with Crippen LogP contribution in [0.1, 0.15) is 31.0 Å². The quantitative estimate of drug-likeness (QED) is 0.762. The molecule has 0 saturated heterocycles. The molecule has 1 aromatic rings. The zero-order valence-electron chi connectivity index (χ0n) is 10.7. The van der Waals surface area contributed by atoms with E-state index in [1.165, 1.54) is 0 Å². The highest BCUT2D eigenvalue weighted by atomic mass is 16.5. The Morgan fingerprint density at radius 1 is 1.44 bits per heavy atom. The molecule has 2 atom stereocenters. The van der Waals surface area contributed by atoms with Crippen molar-refractivity contribution in [3.05, 3.63) is 41.7 Å². The third kappa shape index (κ3) is 3.41. The number of ether oxygens (including phenoxy) is 1. The highest BCUT2D eigenvalue weighted by Gasteiger charge is 2.18. The van der Waals surface area contributed by atoms with Gasteiger partial charge in [0.15, 0.2) is 0 Å². The van der Waals surface area contributed by atoms with Gasteiger partial charge in [0.1, 0.15) is 11.8 Å². The van der Waals surface area contributed by atoms with Crippen molar-refractivity contribution >= 4 is 0 Å². The van der Waals surface area contributed by atoms with Crippen LogP contribution in [0, 0.1) is 23.2 Å². The van der Waals surface area contributed by atoms with Crippen LogP contribution in [0.3, 0.4) is 0 Å². The van der Waals surface area contributed by atoms with E-state index in [9.17, 15) is 0 Å². The summed E-state index contributed by atoms with van der Waals surface area (Å²) in [7, 11) is 0. The lowest BCUT2D eigenvalue weighted by atomic mass is 9.85. The standard InChI is InChI=1S/C15H18N2O/c1-12-4-2-3-5-14(12)11-18-10-13-6-7-17-15(8-13)9-16/h2-3,6-8,12,14H,4-5,10-11H2,1H3. The van der Waals surface area contributed by atoms with Crippen molar-refractivity contribution < 1.29 is 4.74 Å². The molecule has 0 N–H and O–H groups in total. The van der Waals surface area contributed by atoms with E-state index < -0.39 is 0 Å². The molecule has 0 aromatic carbocycles. The SMILES string of the molecule is CC1CC=CCC1COCc1ccnc(C#N)c1. The van der Waals surface area contributed by atoms with Gasteiger partial charge in [0.2, 0.25) is 0 Å². The predicted octanol–water partition coefficient (Wildman–Crippen LogP) is 3.07. The summed E-state index contributed by atoms with van der Waals surface area (Å²) in [6.45, 7) is 3.62. The molecule has 0 spiro atoms. The van der Waals surface area contributed by atoms with Crippen molar-refractivity contribution in [3.63, 3.8) is 0 Å². The first-order valence-corrected chi connectivity index (χ1v) is 6.37. The first-order valence-electron chi connectivity index (χ1n) is 6.37. The summed E-state index contributed by atoms with van der Waals surface area (Å²) >= 11 is 0. The van der Waals surface area contributed by atoms with Gasteiger partial charge in [0.05, 0.1) is 13.2 Å². The van der Waals surface area contributed by atoms with Gasteiger partial charge in [-0.25, -0.2) is 4.98 Å². The molecular formula is C15H18N2O. The Balaban J connectivity index is 1.81. The maximum absolute atomic E-state index is 8.77. The second kappa shape index (κ2) is 6.32. The van der Waals surface area contributed by atoms with Crippen molar-refractivity contribution in [2.45, 2.75) is 26.4 Å². The number of pyridine rings is 1. The zero-order chi connectivity index (χ0) is 12.8. The largest absolute Gasteiger partial charge is 0.376 e. The molecular weight excluding hydrogens is 224 g/mol. The van der Waals surface area contributed by atoms with E-state index >= 15 is 0 Å². The second-order valence-corrected chi connectivity index (χ2v) is 4.86. The maximum Gasteiger partial charge on any atom is 0.140 e. The average Bonchev–Trinajstić information content (AvgIpc) is 2.41. The molecule has 1 heterocycles. The molecule has 18 heavy (non-hydrogen) atoms. The Hall–Kier alpha value is -1.66. The van der Waals surface area contributed by atoms with E-state index in [0.717, 1.165) is 25.0 Å². The lowest BCUT2D eigenvalue weighted by Gasteiger charge is -2.24. The topological polar surface area (TPSA) is 45.9 Å². The van der Waals surface area contributed by atoms with Crippen LogP contribution in [0.5, 0.6) is 0 Å². The van der Waals surface area contributed by atoms with Gasteiger partial charge in [0.25, 0.3) is 0 Å². The van der Waals surface area contributed by atoms with E-state index in [-0.39, 0.29) is 0 Å². The molecule has 1 aliphatic carbocycles. The number of aromatic nitrogens is 1. The highest BCUT2D eigenvalue weighted by molar-refractivity contribution is 5.24. The van der Waals surface area contributed by atoms with Crippen LogP contribution >= 0.6 is 0 Å². The van der Waals surface area contributed by atoms with Crippen LogP contribution in [0.4, 0.5) is 0 Å². The molecule has 1 aromatic heterocycles. The van der Waals surface area contributed by atoms with Gasteiger partial charge in [-0.1, -0.05) is 19.1 Å². The van der Waals surface area contributed by atoms with E-state index in [1.54, 1.807) is 12.3 Å². The smallest absolute Gasteiger partial charge is 0.140 e. The minimum Gasteiger partial charge on any atom is -0.376 e. The fraction of sp³-hybridized carbons (Fsp3) is 0.467. The summed E-state index contributed by atoms with van der Waals surface area (Å²) in [5, 5.41) is 8.77. The molecule has 0 fully saturated rings. The number of nitriles is 1. The molecule has 94 valence electrons. The van der Waals surface area contributed by atoms with Gasteiger partial charge in [-0.15, -0.1) is 0 Å². The molecule has 0 saturated carbocycles. The normalized spacial score (nSPS) is 22.7. The van der Waals surface area contributed by atoms with Crippen LogP contribution in [0.15, 0.2) is 30.5 Å². The van der Waals surface area contributed by atoms with Gasteiger partial charge in [-0.2, -0.15) is 5.26 Å². The van der Waals surface area contributed by atoms with E-state index in [2.05, 4.69) is 24.1 Å². The third-order valence-electron chi connectivity index (χ3n) is 3.46. The molecule has 0 radical (unpaired) electrons. The van der Waals surface area contributed by atoms with Crippen molar-refractivity contribution in [3.8, 4) is 6.07 Å². The van der Waals surface area contributed by atoms with Crippen LogP contribution in [-0.4, -0.2) is 11.6 Å². The Morgan fingerprint density at radius 3 is 3.06 bits per heavy atom. The molecule has 2 unspecified atom stereocenters. The minimum atomic E-state index is 0.449. The number of hydrogen-bond acceptors (Lipinski definition) is 3. The fourth-order valence-corrected chi connectivity index (χ4v) is 2.19. The van der Waals surface area contributed by atoms with Gasteiger partial charge < -0.3 is 4.74 Å². The lowest BCUT2D eigenvalue weighted by molar-refractivity contribution is 0.0680. The number of rotatable bonds is 4. The summed E-state index contributed by atoms with van der Waals surface area (Å²) in [4.78, 5) is 3.94. The number of allylic oxidation sites excluding steroid dienone is 2. The van der Waals surface area contributed by atoms with E-state index in [4.69, 9.17) is 10.00 Å². The first kappa shape index (κ1) is 12.8. The third-order valence-corrected chi connectivity index (χ3v) is 3.46. The van der Waals surface area contributed by atoms with Crippen molar-refractivity contribution in [1.29, 1.82) is 5.26 Å². The minimum absolute atomic E-state index is 0.449. The highest BCUT2D eigenvalue weighted by Crippen LogP contribution is 2.25. The fourth-order valence-electron chi connectivity index (χ4n) is 2.19. The van der Waals surface area contributed by atoms with Gasteiger partial charge in [-0.05, 0) is 42.4 Å². The Bertz CT molecular complexity index is 462. The summed E-state index contributed by atoms with van der Waals surface area (Å²) in [5.41, 5.74) is 1.46. The zero-order valence-corrected chi connectivity index (χ0v) is 10.7. The van der Waals surface area contributed by atoms with Crippen LogP contribution in [0.2, 0.25) is 0 Å². The van der Waals surface area contributed by atoms with Crippen molar-refractivity contribution in [1.82, 2.24) is 4.98 Å². The lowest BCUT2D eigenvalue weighted by Crippen LogP contribution is -2.19. The van der Waals surface area contributed by atoms with Crippen molar-refractivity contribution in [2.75, 3.05) is 6.61 Å². The molecule has 0 amide bonds. The summed E-state index contributed by atoms with van der Waals surface area (Å²) in [6, 6.07) is 5.71. The average molecular weight is 242 g/mol.